The van der Waals surface area contributed by atoms with Crippen LogP contribution in [0.1, 0.15) is 19.4 Å². The van der Waals surface area contributed by atoms with Crippen molar-refractivity contribution in [2.45, 2.75) is 19.4 Å². The highest BCUT2D eigenvalue weighted by atomic mass is 79.9. The number of ether oxygens (including phenoxy) is 1. The molecule has 0 aliphatic carbocycles. The van der Waals surface area contributed by atoms with Gasteiger partial charge >= 0.3 is 6.03 Å². The van der Waals surface area contributed by atoms with Crippen molar-refractivity contribution in [2.24, 2.45) is 0 Å². The average molecular weight is 446 g/mol. The van der Waals surface area contributed by atoms with Gasteiger partial charge in [-0.1, -0.05) is 40.2 Å². The Morgan fingerprint density at radius 3 is 2.68 bits per heavy atom. The number of hydrogen-bond acceptors (Lipinski definition) is 4. The number of halogens is 1. The number of anilines is 1. The second-order valence-corrected chi connectivity index (χ2v) is 7.35. The van der Waals surface area contributed by atoms with Crippen molar-refractivity contribution in [1.82, 2.24) is 10.2 Å². The summed E-state index contributed by atoms with van der Waals surface area (Å²) in [5.74, 6) is -0.451. The van der Waals surface area contributed by atoms with Gasteiger partial charge < -0.3 is 15.4 Å². The Morgan fingerprint density at radius 1 is 1.21 bits per heavy atom. The largest absolute Gasteiger partial charge is 0.492 e. The van der Waals surface area contributed by atoms with Crippen molar-refractivity contribution in [1.29, 1.82) is 0 Å². The number of nitrogens with zero attached hydrogens (tertiary/aromatic N) is 1. The molecule has 2 aromatic rings. The summed E-state index contributed by atoms with van der Waals surface area (Å²) in [6, 6.07) is 13.5. The lowest BCUT2D eigenvalue weighted by Gasteiger charge is -2.22. The van der Waals surface area contributed by atoms with Gasteiger partial charge in [-0.15, -0.1) is 0 Å². The highest BCUT2D eigenvalue weighted by molar-refractivity contribution is 9.10. The summed E-state index contributed by atoms with van der Waals surface area (Å²) in [7, 11) is 0. The second kappa shape index (κ2) is 8.02. The van der Waals surface area contributed by atoms with Gasteiger partial charge in [-0.3, -0.25) is 14.5 Å². The Hall–Kier alpha value is -2.87. The van der Waals surface area contributed by atoms with Crippen molar-refractivity contribution in [3.8, 4) is 5.75 Å². The molecule has 2 N–H and O–H groups in total. The van der Waals surface area contributed by atoms with Gasteiger partial charge in [0.15, 0.2) is 0 Å². The molecule has 0 aromatic heterocycles. The van der Waals surface area contributed by atoms with Crippen LogP contribution in [-0.4, -0.2) is 35.9 Å². The third kappa shape index (κ3) is 3.87. The van der Waals surface area contributed by atoms with E-state index in [-0.39, 0.29) is 0 Å². The number of nitrogens with one attached hydrogen (secondary N) is 2. The molecule has 0 unspecified atom stereocenters. The molecule has 1 atom stereocenters. The minimum absolute atomic E-state index is 0.394. The zero-order chi connectivity index (χ0) is 20.3. The number of benzene rings is 2. The van der Waals surface area contributed by atoms with Gasteiger partial charge in [-0.05, 0) is 43.7 Å². The molecule has 146 valence electrons. The summed E-state index contributed by atoms with van der Waals surface area (Å²) in [6.45, 7) is 3.52. The predicted octanol–water partition coefficient (Wildman–Crippen LogP) is 3.25. The first-order valence-electron chi connectivity index (χ1n) is 8.77. The van der Waals surface area contributed by atoms with E-state index in [0.29, 0.717) is 23.6 Å². The summed E-state index contributed by atoms with van der Waals surface area (Å²) < 4.78 is 6.26. The van der Waals surface area contributed by atoms with Crippen LogP contribution in [0.15, 0.2) is 53.0 Å². The molecule has 3 rings (SSSR count). The fraction of sp³-hybridized carbons (Fsp3) is 0.250. The number of amides is 4. The lowest BCUT2D eigenvalue weighted by Crippen LogP contribution is -2.42. The highest BCUT2D eigenvalue weighted by Crippen LogP contribution is 2.30. The maximum absolute atomic E-state index is 12.9. The van der Waals surface area contributed by atoms with Gasteiger partial charge in [0.25, 0.3) is 5.91 Å². The van der Waals surface area contributed by atoms with Crippen LogP contribution in [0.25, 0.3) is 0 Å². The van der Waals surface area contributed by atoms with E-state index >= 15 is 0 Å². The Balaban J connectivity index is 1.75. The van der Waals surface area contributed by atoms with Crippen LogP contribution in [0.3, 0.4) is 0 Å². The van der Waals surface area contributed by atoms with E-state index in [1.54, 1.807) is 49.4 Å². The van der Waals surface area contributed by atoms with Gasteiger partial charge in [0.1, 0.15) is 17.8 Å². The van der Waals surface area contributed by atoms with Gasteiger partial charge in [0, 0.05) is 4.47 Å². The number of rotatable bonds is 6. The molecule has 0 saturated carbocycles. The molecule has 4 amide bonds. The molecule has 28 heavy (non-hydrogen) atoms. The molecule has 7 nitrogen and oxygen atoms in total. The highest BCUT2D eigenvalue weighted by Gasteiger charge is 2.49. The Bertz CT molecular complexity index is 933. The molecule has 0 bridgehead atoms. The van der Waals surface area contributed by atoms with E-state index in [1.807, 2.05) is 13.0 Å². The quantitative estimate of drug-likeness (QED) is 0.667. The van der Waals surface area contributed by atoms with Crippen LogP contribution in [0.4, 0.5) is 10.5 Å². The number of hydrogen-bond donors (Lipinski definition) is 2. The first-order chi connectivity index (χ1) is 13.3. The van der Waals surface area contributed by atoms with Gasteiger partial charge in [0.05, 0.1) is 12.3 Å². The fourth-order valence-electron chi connectivity index (χ4n) is 3.02. The molecule has 1 aliphatic heterocycles. The van der Waals surface area contributed by atoms with Crippen molar-refractivity contribution in [3.63, 3.8) is 0 Å². The van der Waals surface area contributed by atoms with Crippen molar-refractivity contribution in [3.05, 3.63) is 58.6 Å². The lowest BCUT2D eigenvalue weighted by atomic mass is 9.92. The minimum atomic E-state index is -1.23. The Morgan fingerprint density at radius 2 is 1.96 bits per heavy atom. The third-order valence-corrected chi connectivity index (χ3v) is 4.93. The standard InChI is InChI=1S/C20H20BrN3O4/c1-3-28-16-10-5-4-9-15(16)22-17(25)12-24-18(26)20(2,23-19(24)27)13-7-6-8-14(21)11-13/h4-11H,3,12H2,1-2H3,(H,22,25)(H,23,27)/t20-/m0/s1. The van der Waals surface area contributed by atoms with Crippen LogP contribution >= 0.6 is 15.9 Å². The van der Waals surface area contributed by atoms with Crippen LogP contribution in [-0.2, 0) is 15.1 Å². The second-order valence-electron chi connectivity index (χ2n) is 6.43. The monoisotopic (exact) mass is 445 g/mol. The molecular formula is C20H20BrN3O4. The predicted molar refractivity (Wildman–Crippen MR) is 108 cm³/mol. The average Bonchev–Trinajstić information content (AvgIpc) is 2.88. The SMILES string of the molecule is CCOc1ccccc1NC(=O)CN1C(=O)N[C@@](C)(c2cccc(Br)c2)C1=O. The summed E-state index contributed by atoms with van der Waals surface area (Å²) in [4.78, 5) is 38.7. The van der Waals surface area contributed by atoms with E-state index in [0.717, 1.165) is 9.37 Å². The van der Waals surface area contributed by atoms with Crippen molar-refractivity contribution in [2.75, 3.05) is 18.5 Å². The lowest BCUT2D eigenvalue weighted by molar-refractivity contribution is -0.133. The summed E-state index contributed by atoms with van der Waals surface area (Å²) >= 11 is 3.37. The van der Waals surface area contributed by atoms with Crippen molar-refractivity contribution < 1.29 is 19.1 Å². The topological polar surface area (TPSA) is 87.7 Å². The van der Waals surface area contributed by atoms with Gasteiger partial charge in [-0.25, -0.2) is 4.79 Å². The smallest absolute Gasteiger partial charge is 0.325 e. The molecule has 1 saturated heterocycles. The molecular weight excluding hydrogens is 426 g/mol. The Kier molecular flexibility index (Phi) is 5.69. The van der Waals surface area contributed by atoms with Crippen LogP contribution in [0, 0.1) is 0 Å². The maximum Gasteiger partial charge on any atom is 0.325 e. The molecule has 0 spiro atoms. The van der Waals surface area contributed by atoms with Crippen LogP contribution < -0.4 is 15.4 Å². The Labute approximate surface area is 171 Å². The molecule has 1 fully saturated rings. The minimum Gasteiger partial charge on any atom is -0.492 e. The number of carbonyl (C=O) groups excluding carboxylic acids is 3. The number of para-hydroxylation sites is 2. The molecule has 1 heterocycles. The van der Waals surface area contributed by atoms with Crippen LogP contribution in [0.5, 0.6) is 5.75 Å². The summed E-state index contributed by atoms with van der Waals surface area (Å²) in [6.07, 6.45) is 0. The zero-order valence-corrected chi connectivity index (χ0v) is 17.1. The zero-order valence-electron chi connectivity index (χ0n) is 15.5. The molecule has 8 heteroatoms. The van der Waals surface area contributed by atoms with Gasteiger partial charge in [0.2, 0.25) is 5.91 Å². The maximum atomic E-state index is 12.9. The number of urea groups is 1. The number of carbonyl (C=O) groups is 3. The third-order valence-electron chi connectivity index (χ3n) is 4.44. The molecule has 1 aliphatic rings. The first-order valence-corrected chi connectivity index (χ1v) is 9.56. The summed E-state index contributed by atoms with van der Waals surface area (Å²) in [5, 5.41) is 5.38. The molecule has 0 radical (unpaired) electrons. The van der Waals surface area contributed by atoms with Crippen molar-refractivity contribution >= 4 is 39.5 Å². The fourth-order valence-corrected chi connectivity index (χ4v) is 3.42. The number of imide groups is 1. The van der Waals surface area contributed by atoms with Crippen LogP contribution in [0.2, 0.25) is 0 Å². The van der Waals surface area contributed by atoms with Gasteiger partial charge in [-0.2, -0.15) is 0 Å². The van der Waals surface area contributed by atoms with E-state index in [1.165, 1.54) is 0 Å². The van der Waals surface area contributed by atoms with E-state index < -0.39 is 29.9 Å². The summed E-state index contributed by atoms with van der Waals surface area (Å²) in [5.41, 5.74) is -0.120. The molecule has 2 aromatic carbocycles. The van der Waals surface area contributed by atoms with E-state index in [9.17, 15) is 14.4 Å². The van der Waals surface area contributed by atoms with E-state index in [4.69, 9.17) is 4.74 Å². The normalized spacial score (nSPS) is 18.8. The van der Waals surface area contributed by atoms with E-state index in [2.05, 4.69) is 26.6 Å². The first kappa shape index (κ1) is 19.9.